The molecule has 4 N–H and O–H groups in total. The van der Waals surface area contributed by atoms with Crippen LogP contribution in [0.2, 0.25) is 0 Å². The smallest absolute Gasteiger partial charge is 0.231 e. The molecule has 9 nitrogen and oxygen atoms in total. The van der Waals surface area contributed by atoms with Crippen LogP contribution in [0.3, 0.4) is 0 Å². The minimum Gasteiger partial charge on any atom is -0.369 e. The second kappa shape index (κ2) is 9.73. The summed E-state index contributed by atoms with van der Waals surface area (Å²) in [6.45, 7) is 4.20. The van der Waals surface area contributed by atoms with Gasteiger partial charge in [-0.15, -0.1) is 11.3 Å². The molecule has 0 bridgehead atoms. The molecule has 1 saturated carbocycles. The summed E-state index contributed by atoms with van der Waals surface area (Å²) in [5.41, 5.74) is 6.88. The summed E-state index contributed by atoms with van der Waals surface area (Å²) in [7, 11) is 4.33. The Morgan fingerprint density at radius 1 is 1.20 bits per heavy atom. The molecule has 188 valence electrons. The molecule has 0 aromatic carbocycles. The number of nitrogens with one attached hydrogen (secondary N) is 2. The molecule has 3 aromatic heterocycles. The summed E-state index contributed by atoms with van der Waals surface area (Å²) in [6.07, 6.45) is 8.84. The van der Waals surface area contributed by atoms with Gasteiger partial charge in [0.15, 0.2) is 5.82 Å². The molecule has 0 spiro atoms. The third-order valence-corrected chi connectivity index (χ3v) is 8.64. The molecule has 1 fully saturated rings. The van der Waals surface area contributed by atoms with E-state index in [1.54, 1.807) is 11.3 Å². The highest BCUT2D eigenvalue weighted by Gasteiger charge is 2.30. The van der Waals surface area contributed by atoms with E-state index in [1.165, 1.54) is 23.3 Å². The molecule has 10 heteroatoms. The van der Waals surface area contributed by atoms with E-state index >= 15 is 0 Å². The van der Waals surface area contributed by atoms with Crippen molar-refractivity contribution in [3.63, 3.8) is 0 Å². The Hall–Kier alpha value is -2.72. The standard InChI is InChI=1S/C25H36N8OS/c1-14(2)33-12-11-20(31-33)28-25-29-23(27-16-6-8-17(9-7-16)32(3)4)21-18-13-15(22(26)34)5-10-19(18)35-24(21)30-25/h11-12,14-17H,5-10,13H2,1-4H3,(H2,26,34)(H2,27,28,29,30,31). The molecule has 3 aromatic rings. The average molecular weight is 497 g/mol. The maximum absolute atomic E-state index is 12.0. The lowest BCUT2D eigenvalue weighted by Gasteiger charge is -2.33. The van der Waals surface area contributed by atoms with Crippen molar-refractivity contribution in [3.05, 3.63) is 22.7 Å². The highest BCUT2D eigenvalue weighted by Crippen LogP contribution is 2.41. The zero-order valence-corrected chi connectivity index (χ0v) is 21.9. The Labute approximate surface area is 210 Å². The van der Waals surface area contributed by atoms with E-state index in [0.29, 0.717) is 24.5 Å². The fraction of sp³-hybridized carbons (Fsp3) is 0.600. The molecule has 1 unspecified atom stereocenters. The maximum Gasteiger partial charge on any atom is 0.231 e. The third kappa shape index (κ3) is 4.99. The van der Waals surface area contributed by atoms with Gasteiger partial charge in [0.1, 0.15) is 10.6 Å². The largest absolute Gasteiger partial charge is 0.369 e. The highest BCUT2D eigenvalue weighted by atomic mass is 32.1. The van der Waals surface area contributed by atoms with Crippen LogP contribution in [-0.2, 0) is 17.6 Å². The Bertz CT molecular complexity index is 1210. The van der Waals surface area contributed by atoms with Crippen LogP contribution in [0.4, 0.5) is 17.6 Å². The minimum atomic E-state index is -0.216. The number of aryl methyl sites for hydroxylation is 1. The number of anilines is 3. The lowest BCUT2D eigenvalue weighted by Crippen LogP contribution is -2.36. The number of aromatic nitrogens is 4. The van der Waals surface area contributed by atoms with Gasteiger partial charge in [0.05, 0.1) is 5.39 Å². The van der Waals surface area contributed by atoms with Crippen molar-refractivity contribution in [1.82, 2.24) is 24.6 Å². The van der Waals surface area contributed by atoms with E-state index in [0.717, 1.165) is 47.5 Å². The molecule has 1 atom stereocenters. The van der Waals surface area contributed by atoms with E-state index in [1.807, 2.05) is 16.9 Å². The predicted molar refractivity (Wildman–Crippen MR) is 141 cm³/mol. The average Bonchev–Trinajstić information content (AvgIpc) is 3.43. The number of nitrogens with zero attached hydrogens (tertiary/aromatic N) is 5. The monoisotopic (exact) mass is 496 g/mol. The lowest BCUT2D eigenvalue weighted by atomic mass is 9.86. The van der Waals surface area contributed by atoms with E-state index in [4.69, 9.17) is 15.7 Å². The van der Waals surface area contributed by atoms with Crippen LogP contribution in [0.15, 0.2) is 12.3 Å². The number of carbonyl (C=O) groups is 1. The summed E-state index contributed by atoms with van der Waals surface area (Å²) in [6, 6.07) is 3.23. The maximum atomic E-state index is 12.0. The molecule has 35 heavy (non-hydrogen) atoms. The molecule has 5 rings (SSSR count). The van der Waals surface area contributed by atoms with Gasteiger partial charge in [0.25, 0.3) is 0 Å². The zero-order valence-electron chi connectivity index (χ0n) is 21.0. The molecule has 0 saturated heterocycles. The number of primary amides is 1. The zero-order chi connectivity index (χ0) is 24.7. The van der Waals surface area contributed by atoms with Crippen LogP contribution in [-0.4, -0.2) is 56.7 Å². The molecule has 3 heterocycles. The van der Waals surface area contributed by atoms with Crippen LogP contribution in [0.1, 0.15) is 62.4 Å². The lowest BCUT2D eigenvalue weighted by molar-refractivity contribution is -0.122. The van der Waals surface area contributed by atoms with Crippen molar-refractivity contribution in [2.75, 3.05) is 24.7 Å². The third-order valence-electron chi connectivity index (χ3n) is 7.45. The second-order valence-corrected chi connectivity index (χ2v) is 11.5. The van der Waals surface area contributed by atoms with Gasteiger partial charge in [0.2, 0.25) is 11.9 Å². The van der Waals surface area contributed by atoms with E-state index in [2.05, 4.69) is 48.6 Å². The van der Waals surface area contributed by atoms with Crippen molar-refractivity contribution >= 4 is 45.0 Å². The number of fused-ring (bicyclic) bond motifs is 3. The normalized spacial score (nSPS) is 22.5. The van der Waals surface area contributed by atoms with Crippen LogP contribution < -0.4 is 16.4 Å². The van der Waals surface area contributed by atoms with E-state index in [-0.39, 0.29) is 17.9 Å². The highest BCUT2D eigenvalue weighted by molar-refractivity contribution is 7.19. The quantitative estimate of drug-likeness (QED) is 0.451. The SMILES string of the molecule is CC(C)n1ccc(Nc2nc(NC3CCC(N(C)C)CC3)c3c4c(sc3n2)CCC(C(N)=O)C4)n1. The summed E-state index contributed by atoms with van der Waals surface area (Å²) < 4.78 is 1.91. The van der Waals surface area contributed by atoms with Gasteiger partial charge in [-0.3, -0.25) is 9.48 Å². The molecule has 1 amide bonds. The van der Waals surface area contributed by atoms with Crippen molar-refractivity contribution in [1.29, 1.82) is 0 Å². The number of nitrogens with two attached hydrogens (primary N) is 1. The van der Waals surface area contributed by atoms with Gasteiger partial charge in [-0.25, -0.2) is 4.98 Å². The van der Waals surface area contributed by atoms with Gasteiger partial charge in [-0.05, 0) is 78.5 Å². The van der Waals surface area contributed by atoms with Gasteiger partial charge in [-0.2, -0.15) is 10.1 Å². The molecular weight excluding hydrogens is 460 g/mol. The number of rotatable bonds is 7. The molecule has 2 aliphatic rings. The topological polar surface area (TPSA) is 114 Å². The number of amides is 1. The van der Waals surface area contributed by atoms with Gasteiger partial charge >= 0.3 is 0 Å². The Morgan fingerprint density at radius 2 is 1.97 bits per heavy atom. The first kappa shape index (κ1) is 24.0. The van der Waals surface area contributed by atoms with Crippen molar-refractivity contribution in [3.8, 4) is 0 Å². The first-order valence-electron chi connectivity index (χ1n) is 12.6. The predicted octanol–water partition coefficient (Wildman–Crippen LogP) is 4.09. The Morgan fingerprint density at radius 3 is 2.63 bits per heavy atom. The summed E-state index contributed by atoms with van der Waals surface area (Å²) in [5, 5.41) is 12.7. The Balaban J connectivity index is 1.48. The van der Waals surface area contributed by atoms with Crippen LogP contribution in [0.5, 0.6) is 0 Å². The summed E-state index contributed by atoms with van der Waals surface area (Å²) >= 11 is 1.71. The van der Waals surface area contributed by atoms with Gasteiger partial charge in [-0.1, -0.05) is 0 Å². The number of carbonyl (C=O) groups excluding carboxylic acids is 1. The van der Waals surface area contributed by atoms with Gasteiger partial charge < -0.3 is 21.3 Å². The van der Waals surface area contributed by atoms with Crippen molar-refractivity contribution in [2.24, 2.45) is 11.7 Å². The number of hydrogen-bond donors (Lipinski definition) is 3. The number of hydrogen-bond acceptors (Lipinski definition) is 8. The first-order valence-corrected chi connectivity index (χ1v) is 13.5. The van der Waals surface area contributed by atoms with Crippen molar-refractivity contribution < 1.29 is 4.79 Å². The second-order valence-electron chi connectivity index (χ2n) is 10.4. The fourth-order valence-corrected chi connectivity index (χ4v) is 6.53. The molecule has 0 radical (unpaired) electrons. The summed E-state index contributed by atoms with van der Waals surface area (Å²) in [4.78, 5) is 26.4. The molecule has 2 aliphatic carbocycles. The van der Waals surface area contributed by atoms with Crippen LogP contribution >= 0.6 is 11.3 Å². The van der Waals surface area contributed by atoms with E-state index < -0.39 is 0 Å². The van der Waals surface area contributed by atoms with Crippen molar-refractivity contribution in [2.45, 2.75) is 76.9 Å². The molecule has 0 aliphatic heterocycles. The van der Waals surface area contributed by atoms with Crippen LogP contribution in [0.25, 0.3) is 10.2 Å². The summed E-state index contributed by atoms with van der Waals surface area (Å²) in [5.74, 6) is 1.79. The van der Waals surface area contributed by atoms with E-state index in [9.17, 15) is 4.79 Å². The minimum absolute atomic E-state index is 0.124. The molecular formula is C25H36N8OS. The first-order chi connectivity index (χ1) is 16.8. The number of thiophene rings is 1. The Kier molecular flexibility index (Phi) is 6.67. The van der Waals surface area contributed by atoms with Crippen LogP contribution in [0, 0.1) is 5.92 Å². The fourth-order valence-electron chi connectivity index (χ4n) is 5.32. The van der Waals surface area contributed by atoms with Gasteiger partial charge in [0, 0.05) is 41.2 Å².